The third kappa shape index (κ3) is 4.86. The van der Waals surface area contributed by atoms with Crippen LogP contribution < -0.4 is 0 Å². The normalized spacial score (nSPS) is 19.4. The predicted octanol–water partition coefficient (Wildman–Crippen LogP) is 4.23. The first kappa shape index (κ1) is 21.4. The molecule has 1 N–H and O–H groups in total. The maximum Gasteiger partial charge on any atom is 0.416 e. The van der Waals surface area contributed by atoms with Gasteiger partial charge in [0.1, 0.15) is 10.5 Å². The number of halogens is 4. The van der Waals surface area contributed by atoms with Gasteiger partial charge in [0.05, 0.1) is 16.9 Å². The van der Waals surface area contributed by atoms with Crippen LogP contribution in [0.4, 0.5) is 17.6 Å². The molecule has 1 aromatic rings. The Morgan fingerprint density at radius 3 is 2.52 bits per heavy atom. The van der Waals surface area contributed by atoms with E-state index in [0.29, 0.717) is 5.56 Å². The number of amides is 1. The second-order valence-corrected chi connectivity index (χ2v) is 7.71. The third-order valence-corrected chi connectivity index (χ3v) is 5.39. The molecule has 1 fully saturated rings. The number of aryl methyl sites for hydroxylation is 1. The molecule has 1 heterocycles. The van der Waals surface area contributed by atoms with Gasteiger partial charge in [0, 0.05) is 12.1 Å². The molecule has 1 aliphatic heterocycles. The van der Waals surface area contributed by atoms with E-state index in [1.807, 2.05) is 0 Å². The highest BCUT2D eigenvalue weighted by Crippen LogP contribution is 2.46. The maximum absolute atomic E-state index is 13.8. The second-order valence-electron chi connectivity index (χ2n) is 5.78. The van der Waals surface area contributed by atoms with Gasteiger partial charge in [-0.05, 0) is 30.2 Å². The summed E-state index contributed by atoms with van der Waals surface area (Å²) < 4.78 is 53.0. The van der Waals surface area contributed by atoms with Crippen molar-refractivity contribution in [2.24, 2.45) is 0 Å². The number of nitrogens with zero attached hydrogens (tertiary/aromatic N) is 1. The van der Waals surface area contributed by atoms with Crippen molar-refractivity contribution in [3.8, 4) is 0 Å². The van der Waals surface area contributed by atoms with Gasteiger partial charge in [-0.2, -0.15) is 13.2 Å². The van der Waals surface area contributed by atoms with Crippen LogP contribution in [0.5, 0.6) is 0 Å². The van der Waals surface area contributed by atoms with E-state index >= 15 is 0 Å². The van der Waals surface area contributed by atoms with Gasteiger partial charge in [0.2, 0.25) is 0 Å². The number of carboxylic acids is 1. The molecule has 10 heteroatoms. The van der Waals surface area contributed by atoms with Crippen LogP contribution in [-0.4, -0.2) is 39.3 Å². The number of thiol groups is 1. The van der Waals surface area contributed by atoms with Crippen molar-refractivity contribution < 1.29 is 32.3 Å². The summed E-state index contributed by atoms with van der Waals surface area (Å²) in [4.78, 5) is 24.1. The van der Waals surface area contributed by atoms with Crippen LogP contribution in [0.25, 0.3) is 5.57 Å². The number of benzene rings is 1. The maximum atomic E-state index is 13.8. The standard InChI is InChI=1S/C17H15F4NO3S2/c1-8-5-10(7-11(18)6-8)13(9(2)17(19,20)21)14-15(25)22(16(26)27-14)4-3-12(23)24/h5-7,16,26H,2-4H2,1H3,(H,23,24)/b14-13+. The summed E-state index contributed by atoms with van der Waals surface area (Å²) in [7, 11) is 0. The van der Waals surface area contributed by atoms with Crippen molar-refractivity contribution in [3.63, 3.8) is 0 Å². The Morgan fingerprint density at radius 1 is 1.37 bits per heavy atom. The fourth-order valence-electron chi connectivity index (χ4n) is 2.51. The average molecular weight is 421 g/mol. The van der Waals surface area contributed by atoms with Crippen molar-refractivity contribution in [2.75, 3.05) is 6.54 Å². The fraction of sp³-hybridized carbons (Fsp3) is 0.294. The summed E-state index contributed by atoms with van der Waals surface area (Å²) in [5, 5.41) is 8.77. The van der Waals surface area contributed by atoms with Crippen molar-refractivity contribution >= 4 is 41.8 Å². The minimum absolute atomic E-state index is 0.133. The molecule has 0 aromatic heterocycles. The molecule has 0 radical (unpaired) electrons. The molecule has 0 saturated carbocycles. The molecule has 27 heavy (non-hydrogen) atoms. The Bertz CT molecular complexity index is 816. The van der Waals surface area contributed by atoms with Gasteiger partial charge >= 0.3 is 12.1 Å². The summed E-state index contributed by atoms with van der Waals surface area (Å²) >= 11 is 4.89. The van der Waals surface area contributed by atoms with Crippen molar-refractivity contribution in [1.82, 2.24) is 4.90 Å². The number of rotatable bonds is 5. The first-order chi connectivity index (χ1) is 12.4. The monoisotopic (exact) mass is 421 g/mol. The molecule has 146 valence electrons. The number of carbonyl (C=O) groups excluding carboxylic acids is 1. The largest absolute Gasteiger partial charge is 0.481 e. The van der Waals surface area contributed by atoms with E-state index in [1.165, 1.54) is 13.0 Å². The summed E-state index contributed by atoms with van der Waals surface area (Å²) in [5.74, 6) is -2.71. The lowest BCUT2D eigenvalue weighted by Crippen LogP contribution is -2.32. The van der Waals surface area contributed by atoms with Gasteiger partial charge in [0.25, 0.3) is 5.91 Å². The molecule has 1 atom stereocenters. The molecular formula is C17H15F4NO3S2. The number of carboxylic acid groups (broad SMARTS) is 1. The Balaban J connectivity index is 2.60. The molecule has 1 amide bonds. The zero-order valence-electron chi connectivity index (χ0n) is 14.0. The van der Waals surface area contributed by atoms with Gasteiger partial charge in [-0.15, -0.1) is 12.6 Å². The molecular weight excluding hydrogens is 406 g/mol. The summed E-state index contributed by atoms with van der Waals surface area (Å²) in [6.07, 6.45) is -5.23. The molecule has 2 rings (SSSR count). The Kier molecular flexibility index (Phi) is 6.31. The first-order valence-electron chi connectivity index (χ1n) is 7.57. The Labute approximate surface area is 162 Å². The highest BCUT2D eigenvalue weighted by atomic mass is 32.2. The van der Waals surface area contributed by atoms with Crippen LogP contribution in [-0.2, 0) is 9.59 Å². The van der Waals surface area contributed by atoms with Gasteiger partial charge in [-0.3, -0.25) is 9.59 Å². The van der Waals surface area contributed by atoms with Gasteiger partial charge in [-0.25, -0.2) is 4.39 Å². The average Bonchev–Trinajstić information content (AvgIpc) is 2.78. The lowest BCUT2D eigenvalue weighted by atomic mass is 9.96. The topological polar surface area (TPSA) is 57.6 Å². The quantitative estimate of drug-likeness (QED) is 0.425. The van der Waals surface area contributed by atoms with E-state index in [4.69, 9.17) is 5.11 Å². The number of alkyl halides is 3. The summed E-state index contributed by atoms with van der Waals surface area (Å²) in [6.45, 7) is 4.35. The minimum atomic E-state index is -4.84. The van der Waals surface area contributed by atoms with Gasteiger partial charge in [-0.1, -0.05) is 24.4 Å². The minimum Gasteiger partial charge on any atom is -0.481 e. The van der Waals surface area contributed by atoms with Gasteiger partial charge in [0.15, 0.2) is 0 Å². The molecule has 1 saturated heterocycles. The van der Waals surface area contributed by atoms with E-state index < -0.39 is 39.7 Å². The van der Waals surface area contributed by atoms with E-state index in [-0.39, 0.29) is 23.4 Å². The second kappa shape index (κ2) is 7.97. The van der Waals surface area contributed by atoms with Crippen molar-refractivity contribution in [2.45, 2.75) is 24.2 Å². The van der Waals surface area contributed by atoms with E-state index in [0.717, 1.165) is 28.8 Å². The van der Waals surface area contributed by atoms with Crippen LogP contribution in [0.15, 0.2) is 35.3 Å². The number of hydrogen-bond donors (Lipinski definition) is 2. The highest BCUT2D eigenvalue weighted by Gasteiger charge is 2.42. The van der Waals surface area contributed by atoms with Crippen LogP contribution >= 0.6 is 24.4 Å². The lowest BCUT2D eigenvalue weighted by Gasteiger charge is -2.18. The molecule has 0 spiro atoms. The summed E-state index contributed by atoms with van der Waals surface area (Å²) in [6, 6.07) is 3.36. The van der Waals surface area contributed by atoms with Crippen LogP contribution in [0, 0.1) is 12.7 Å². The molecule has 1 aliphatic rings. The number of allylic oxidation sites excluding steroid dienone is 2. The van der Waals surface area contributed by atoms with Gasteiger partial charge < -0.3 is 10.0 Å². The van der Waals surface area contributed by atoms with E-state index in [1.54, 1.807) is 0 Å². The van der Waals surface area contributed by atoms with Crippen LogP contribution in [0.1, 0.15) is 17.5 Å². The lowest BCUT2D eigenvalue weighted by molar-refractivity contribution is -0.137. The van der Waals surface area contributed by atoms with Crippen molar-refractivity contribution in [1.29, 1.82) is 0 Å². The molecule has 1 aromatic carbocycles. The number of thioether (sulfide) groups is 1. The predicted molar refractivity (Wildman–Crippen MR) is 97.6 cm³/mol. The fourth-order valence-corrected chi connectivity index (χ4v) is 4.16. The van der Waals surface area contributed by atoms with E-state index in [9.17, 15) is 27.2 Å². The summed E-state index contributed by atoms with van der Waals surface area (Å²) in [5.41, 5.74) is -1.58. The number of hydrogen-bond acceptors (Lipinski definition) is 4. The molecule has 0 bridgehead atoms. The zero-order chi connectivity index (χ0) is 20.5. The first-order valence-corrected chi connectivity index (χ1v) is 8.97. The third-order valence-electron chi connectivity index (χ3n) is 3.71. The molecule has 1 unspecified atom stereocenters. The zero-order valence-corrected chi connectivity index (χ0v) is 15.7. The van der Waals surface area contributed by atoms with Crippen molar-refractivity contribution in [3.05, 3.63) is 52.2 Å². The number of aliphatic carboxylic acids is 1. The smallest absolute Gasteiger partial charge is 0.416 e. The highest BCUT2D eigenvalue weighted by molar-refractivity contribution is 8.14. The molecule has 4 nitrogen and oxygen atoms in total. The molecule has 0 aliphatic carbocycles. The SMILES string of the molecule is C=C(/C(=C1\SC(S)N(CCC(=O)O)C1=O)c1cc(C)cc(F)c1)C(F)(F)F. The van der Waals surface area contributed by atoms with E-state index in [2.05, 4.69) is 19.2 Å². The van der Waals surface area contributed by atoms with Crippen LogP contribution in [0.2, 0.25) is 0 Å². The van der Waals surface area contributed by atoms with Crippen LogP contribution in [0.3, 0.4) is 0 Å². The Hall–Kier alpha value is -1.94. The Morgan fingerprint density at radius 2 is 2.00 bits per heavy atom. The number of carbonyl (C=O) groups is 2.